The molecule has 17 heteroatoms. The number of rotatable bonds is 6. The van der Waals surface area contributed by atoms with Crippen molar-refractivity contribution >= 4 is 190 Å². The summed E-state index contributed by atoms with van der Waals surface area (Å²) in [6.45, 7) is 8.64. The molecule has 13 heterocycles. The average Bonchev–Trinajstić information content (AvgIpc) is 1.33. The Bertz CT molecular complexity index is 5070. The third-order valence-corrected chi connectivity index (χ3v) is 43.8. The third kappa shape index (κ3) is 6.20. The minimum atomic E-state index is -1.82. The monoisotopic (exact) mass is 1180 g/mol. The SMILES string of the molecule is Cc1ccc2c(c1)-c1cccc3c1B2c1ccccc1N3c1ccccc1.Cc1ccc2c(c1)-c1cccc3c1B2c1ccccc1N3c1ccccc1.[B]1B2B3[BH2-]P123NP12(c3cccc4c3-c3cccc5c3B4c3ccccc3N5c3ccccc3)B3[BH2-]B1B32. The first kappa shape index (κ1) is 51.2. The van der Waals surface area contributed by atoms with E-state index in [-0.39, 0.29) is 0 Å². The Morgan fingerprint density at radius 2 is 0.725 bits per heavy atom. The molecule has 1 N–H and O–H groups in total. The second-order valence-corrected chi connectivity index (χ2v) is 41.4. The average molecular weight is 1180 g/mol. The van der Waals surface area contributed by atoms with Crippen LogP contribution in [0.25, 0.3) is 33.4 Å². The fourth-order valence-electron chi connectivity index (χ4n) is 21.6. The Hall–Kier alpha value is -8.43. The van der Waals surface area contributed by atoms with Crippen LogP contribution in [0.15, 0.2) is 273 Å². The summed E-state index contributed by atoms with van der Waals surface area (Å²) in [7, 11) is 0.323. The molecule has 12 aromatic carbocycles. The van der Waals surface area contributed by atoms with Crippen LogP contribution < -0.4 is 74.0 Å². The van der Waals surface area contributed by atoms with Gasteiger partial charge in [0.25, 0.3) is 0 Å². The van der Waals surface area contributed by atoms with Gasteiger partial charge in [-0.2, -0.15) is 0 Å². The van der Waals surface area contributed by atoms with Crippen LogP contribution in [0.2, 0.25) is 0 Å². The Balaban J connectivity index is 0.0000000920. The molecule has 7 saturated heterocycles. The zero-order chi connectivity index (χ0) is 59.5. The number of nitrogens with zero attached hydrogens (tertiary/aromatic N) is 3. The standard InChI is InChI=1S/2C25H18BN.C24H20B9N2P2/c2*1-17-14-15-21-20(16-17)19-10-7-13-24-25(19)26(21)22-11-5-6-12-23(22)27(24)18-8-3-2-4-9-18;1-2-8-16(9-3-1)35-20-13-5-4-11-18(20)28-19-12-7-15-22(23(19)17-10-6-14-21(35)24(17)28)36(29-25-30(36)33(29)36)34-37-26-31(37)32(37)27-37/h2*2-16H,1H3;1-15,34H,25-26H2/q;;-2. The van der Waals surface area contributed by atoms with Gasteiger partial charge in [0.2, 0.25) is 13.4 Å². The maximum absolute atomic E-state index is 4.87. The van der Waals surface area contributed by atoms with E-state index in [1.165, 1.54) is 141 Å². The van der Waals surface area contributed by atoms with Gasteiger partial charge in [0.1, 0.15) is 0 Å². The van der Waals surface area contributed by atoms with Crippen molar-refractivity contribution in [3.8, 4) is 33.4 Å². The quantitative estimate of drug-likeness (QED) is 0.133. The number of hydrogen-bond donors (Lipinski definition) is 1. The molecule has 13 aliphatic rings. The molecule has 0 unspecified atom stereocenters. The maximum atomic E-state index is 4.87. The van der Waals surface area contributed by atoms with Crippen LogP contribution in [0.4, 0.5) is 51.2 Å². The molecule has 0 saturated carbocycles. The predicted molar refractivity (Wildman–Crippen MR) is 411 cm³/mol. The molecule has 417 valence electrons. The van der Waals surface area contributed by atoms with Gasteiger partial charge in [-0.15, -0.1) is 0 Å². The van der Waals surface area contributed by atoms with Crippen molar-refractivity contribution < 1.29 is 0 Å². The van der Waals surface area contributed by atoms with E-state index in [9.17, 15) is 0 Å². The van der Waals surface area contributed by atoms with E-state index in [1.54, 1.807) is 22.1 Å². The molecule has 13 aliphatic heterocycles. The van der Waals surface area contributed by atoms with E-state index >= 15 is 0 Å². The fraction of sp³-hybridized carbons (Fsp3) is 0.0270. The topological polar surface area (TPSA) is 21.8 Å². The van der Waals surface area contributed by atoms with Gasteiger partial charge < -0.3 is 9.80 Å². The van der Waals surface area contributed by atoms with Crippen molar-refractivity contribution in [2.45, 2.75) is 13.8 Å². The van der Waals surface area contributed by atoms with Gasteiger partial charge in [0.15, 0.2) is 0 Å². The number of benzene rings is 12. The fourth-order valence-corrected chi connectivity index (χ4v) is 46.8. The van der Waals surface area contributed by atoms with Crippen LogP contribution >= 0.6 is 12.7 Å². The molecule has 1 spiro atoms. The summed E-state index contributed by atoms with van der Waals surface area (Å²) in [6, 6.07) is 101. The molecule has 2 bridgehead atoms. The van der Waals surface area contributed by atoms with E-state index in [0.29, 0.717) is 34.1 Å². The molecule has 0 atom stereocenters. The van der Waals surface area contributed by atoms with Gasteiger partial charge in [-0.1, -0.05) is 156 Å². The van der Waals surface area contributed by atoms with Crippen LogP contribution in [-0.2, 0) is 0 Å². The third-order valence-electron chi connectivity index (χ3n) is 25.9. The first-order chi connectivity index (χ1) is 44.9. The molecule has 4 nitrogen and oxygen atoms in total. The Morgan fingerprint density at radius 1 is 0.352 bits per heavy atom. The van der Waals surface area contributed by atoms with Gasteiger partial charge in [-0.05, 0) is 106 Å². The van der Waals surface area contributed by atoms with Gasteiger partial charge in [0.05, 0.1) is 0 Å². The number of anilines is 9. The van der Waals surface area contributed by atoms with Crippen LogP contribution in [0.3, 0.4) is 0 Å². The molecular formula is C74H56B11N4P2-2. The molecule has 0 amide bonds. The van der Waals surface area contributed by atoms with Crippen molar-refractivity contribution in [3.63, 3.8) is 0 Å². The zero-order valence-electron chi connectivity index (χ0n) is 51.4. The van der Waals surface area contributed by atoms with Crippen molar-refractivity contribution in [1.29, 1.82) is 0 Å². The Morgan fingerprint density at radius 3 is 1.13 bits per heavy atom. The van der Waals surface area contributed by atoms with Crippen molar-refractivity contribution in [3.05, 3.63) is 284 Å². The summed E-state index contributed by atoms with van der Waals surface area (Å²) >= 11 is 0. The van der Waals surface area contributed by atoms with Gasteiger partial charge in [0, 0.05) is 34.1 Å². The van der Waals surface area contributed by atoms with Crippen molar-refractivity contribution in [2.75, 3.05) is 14.7 Å². The molecule has 0 aliphatic carbocycles. The second-order valence-electron chi connectivity index (χ2n) is 29.3. The summed E-state index contributed by atoms with van der Waals surface area (Å²) in [4.78, 5) is 12.2. The molecule has 12 aromatic rings. The van der Waals surface area contributed by atoms with E-state index < -0.39 is 12.7 Å². The number of hydrogen-bond acceptors (Lipinski definition) is 4. The van der Waals surface area contributed by atoms with Crippen molar-refractivity contribution in [2.24, 2.45) is 0 Å². The molecule has 91 heavy (non-hydrogen) atoms. The first-order valence-corrected chi connectivity index (χ1v) is 39.1. The molecule has 25 rings (SSSR count). The summed E-state index contributed by atoms with van der Waals surface area (Å²) in [5.41, 5.74) is 36.2. The van der Waals surface area contributed by atoms with E-state index in [0.717, 1.165) is 12.4 Å². The van der Waals surface area contributed by atoms with E-state index in [4.69, 9.17) is 4.86 Å². The van der Waals surface area contributed by atoms with Gasteiger partial charge in [-0.3, -0.25) is 0 Å². The van der Waals surface area contributed by atoms with Crippen LogP contribution in [-0.4, -0.2) is 72.0 Å². The number of nitrogens with one attached hydrogen (secondary N) is 1. The van der Waals surface area contributed by atoms with Crippen LogP contribution in [0.5, 0.6) is 0 Å². The Labute approximate surface area is 537 Å². The number of fused-ring (bicyclic) bond motifs is 16. The van der Waals surface area contributed by atoms with E-state index in [1.807, 2.05) is 5.30 Å². The summed E-state index contributed by atoms with van der Waals surface area (Å²) in [6.07, 6.45) is 2.74. The van der Waals surface area contributed by atoms with Gasteiger partial charge in [-0.25, -0.2) is 0 Å². The van der Waals surface area contributed by atoms with Gasteiger partial charge >= 0.3 is 222 Å². The normalized spacial score (nSPS) is 18.9. The second kappa shape index (κ2) is 17.4. The molecule has 1 radical (unpaired) electrons. The summed E-state index contributed by atoms with van der Waals surface area (Å²) < 4.78 is 0. The summed E-state index contributed by atoms with van der Waals surface area (Å²) in [5, 5.41) is 1.86. The predicted octanol–water partition coefficient (Wildman–Crippen LogP) is 8.80. The van der Waals surface area contributed by atoms with E-state index in [2.05, 4.69) is 308 Å². The van der Waals surface area contributed by atoms with Crippen LogP contribution in [0, 0.1) is 13.8 Å². The first-order valence-electron chi connectivity index (χ1n) is 33.8. The zero-order valence-corrected chi connectivity index (χ0v) is 53.2. The number of para-hydroxylation sites is 6. The summed E-state index contributed by atoms with van der Waals surface area (Å²) in [5.74, 6) is 0. The number of aryl methyl sites for hydroxylation is 2. The molecular weight excluding hydrogens is 1130 g/mol. The minimum absolute atomic E-state index is 0.322. The Kier molecular flexibility index (Phi) is 9.78. The molecule has 7 fully saturated rings. The van der Waals surface area contributed by atoms with Crippen LogP contribution in [0.1, 0.15) is 11.1 Å². The molecule has 0 aromatic heterocycles. The van der Waals surface area contributed by atoms with Crippen molar-refractivity contribution in [1.82, 2.24) is 4.86 Å².